The highest BCUT2D eigenvalue weighted by molar-refractivity contribution is 5.87. The fraction of sp³-hybridized carbons (Fsp3) is 0.500. The Labute approximate surface area is 135 Å². The summed E-state index contributed by atoms with van der Waals surface area (Å²) in [7, 11) is 0. The number of carbonyl (C=O) groups excluding carboxylic acids is 2. The lowest BCUT2D eigenvalue weighted by Crippen LogP contribution is -2.44. The van der Waals surface area contributed by atoms with Gasteiger partial charge in [-0.05, 0) is 12.0 Å². The number of nitro groups is 1. The number of non-ortho nitro benzene ring substituents is 1. The van der Waals surface area contributed by atoms with Gasteiger partial charge < -0.3 is 11.1 Å². The normalized spacial score (nSPS) is 11.7. The van der Waals surface area contributed by atoms with Crippen LogP contribution in [0, 0.1) is 10.1 Å². The highest BCUT2D eigenvalue weighted by atomic mass is 16.6. The molecule has 1 rings (SSSR count). The van der Waals surface area contributed by atoms with Crippen LogP contribution in [-0.4, -0.2) is 22.8 Å². The molecule has 0 saturated heterocycles. The Morgan fingerprint density at radius 2 is 2.04 bits per heavy atom. The Hall–Kier alpha value is -2.44. The van der Waals surface area contributed by atoms with Crippen molar-refractivity contribution in [2.45, 2.75) is 51.5 Å². The van der Waals surface area contributed by atoms with Crippen LogP contribution in [0.1, 0.15) is 44.6 Å². The zero-order chi connectivity index (χ0) is 17.2. The minimum absolute atomic E-state index is 0.0274. The fourth-order valence-corrected chi connectivity index (χ4v) is 2.27. The van der Waals surface area contributed by atoms with Gasteiger partial charge in [0.1, 0.15) is 6.04 Å². The largest absolute Gasteiger partial charge is 0.368 e. The van der Waals surface area contributed by atoms with Gasteiger partial charge in [-0.2, -0.15) is 0 Å². The van der Waals surface area contributed by atoms with Crippen molar-refractivity contribution in [3.8, 4) is 0 Å². The maximum Gasteiger partial charge on any atom is 0.269 e. The van der Waals surface area contributed by atoms with Crippen LogP contribution in [-0.2, 0) is 16.0 Å². The fourth-order valence-electron chi connectivity index (χ4n) is 2.27. The molecule has 3 N–H and O–H groups in total. The second-order valence-electron chi connectivity index (χ2n) is 5.48. The van der Waals surface area contributed by atoms with Crippen LogP contribution in [0.2, 0.25) is 0 Å². The van der Waals surface area contributed by atoms with E-state index in [1.54, 1.807) is 6.07 Å². The molecule has 1 aromatic rings. The maximum absolute atomic E-state index is 12.0. The second-order valence-corrected chi connectivity index (χ2v) is 5.48. The first-order valence-corrected chi connectivity index (χ1v) is 7.76. The van der Waals surface area contributed by atoms with Gasteiger partial charge in [0, 0.05) is 12.1 Å². The van der Waals surface area contributed by atoms with E-state index >= 15 is 0 Å². The number of benzene rings is 1. The number of nitrogens with zero attached hydrogens (tertiary/aromatic N) is 1. The molecule has 1 atom stereocenters. The third-order valence-corrected chi connectivity index (χ3v) is 3.51. The molecule has 0 bridgehead atoms. The minimum atomic E-state index is -0.696. The van der Waals surface area contributed by atoms with E-state index < -0.39 is 16.9 Å². The zero-order valence-corrected chi connectivity index (χ0v) is 13.3. The molecule has 0 radical (unpaired) electrons. The Kier molecular flexibility index (Phi) is 7.73. The van der Waals surface area contributed by atoms with Crippen LogP contribution in [0.3, 0.4) is 0 Å². The van der Waals surface area contributed by atoms with Crippen molar-refractivity contribution in [1.82, 2.24) is 5.32 Å². The number of primary amides is 1. The monoisotopic (exact) mass is 321 g/mol. The van der Waals surface area contributed by atoms with Crippen molar-refractivity contribution in [3.05, 3.63) is 39.9 Å². The molecule has 1 aromatic carbocycles. The molecular formula is C16H23N3O4. The van der Waals surface area contributed by atoms with E-state index in [4.69, 9.17) is 5.73 Å². The third-order valence-electron chi connectivity index (χ3n) is 3.51. The highest BCUT2D eigenvalue weighted by Crippen LogP contribution is 2.13. The topological polar surface area (TPSA) is 115 Å². The number of nitro benzene ring substituents is 1. The van der Waals surface area contributed by atoms with E-state index in [2.05, 4.69) is 12.2 Å². The standard InChI is InChI=1S/C16H23N3O4/c1-2-3-4-5-9-14(16(17)21)18-15(20)11-12-7-6-8-13(10-12)19(22)23/h6-8,10,14H,2-5,9,11H2,1H3,(H2,17,21)(H,18,20)/t14-/m0/s1. The molecule has 0 unspecified atom stereocenters. The van der Waals surface area contributed by atoms with Gasteiger partial charge in [0.15, 0.2) is 0 Å². The van der Waals surface area contributed by atoms with Crippen LogP contribution in [0.4, 0.5) is 5.69 Å². The van der Waals surface area contributed by atoms with Crippen LogP contribution < -0.4 is 11.1 Å². The second kappa shape index (κ2) is 9.55. The average molecular weight is 321 g/mol. The smallest absolute Gasteiger partial charge is 0.269 e. The summed E-state index contributed by atoms with van der Waals surface area (Å²) in [5, 5.41) is 13.3. The van der Waals surface area contributed by atoms with Crippen molar-refractivity contribution in [1.29, 1.82) is 0 Å². The van der Waals surface area contributed by atoms with Crippen LogP contribution in [0.25, 0.3) is 0 Å². The maximum atomic E-state index is 12.0. The van der Waals surface area contributed by atoms with Crippen LogP contribution >= 0.6 is 0 Å². The third kappa shape index (κ3) is 6.90. The summed E-state index contributed by atoms with van der Waals surface area (Å²) in [6, 6.07) is 5.17. The summed E-state index contributed by atoms with van der Waals surface area (Å²) in [4.78, 5) is 33.6. The van der Waals surface area contributed by atoms with Crippen molar-refractivity contribution < 1.29 is 14.5 Å². The van der Waals surface area contributed by atoms with Gasteiger partial charge in [0.05, 0.1) is 11.3 Å². The summed E-state index contributed by atoms with van der Waals surface area (Å²) in [6.07, 6.45) is 4.45. The molecule has 0 aromatic heterocycles. The first-order chi connectivity index (χ1) is 10.9. The quantitative estimate of drug-likeness (QED) is 0.390. The Balaban J connectivity index is 2.56. The summed E-state index contributed by atoms with van der Waals surface area (Å²) in [5.74, 6) is -0.932. The molecule has 7 nitrogen and oxygen atoms in total. The molecule has 2 amide bonds. The lowest BCUT2D eigenvalue weighted by atomic mass is 10.1. The van der Waals surface area contributed by atoms with Crippen molar-refractivity contribution in [3.63, 3.8) is 0 Å². The number of hydrogen-bond acceptors (Lipinski definition) is 4. The molecular weight excluding hydrogens is 298 g/mol. The Bertz CT molecular complexity index is 560. The molecule has 0 aliphatic rings. The Morgan fingerprint density at radius 1 is 1.30 bits per heavy atom. The van der Waals surface area contributed by atoms with Gasteiger partial charge in [-0.25, -0.2) is 0 Å². The summed E-state index contributed by atoms with van der Waals surface area (Å²) in [6.45, 7) is 2.09. The van der Waals surface area contributed by atoms with E-state index in [1.165, 1.54) is 18.2 Å². The van der Waals surface area contributed by atoms with E-state index in [1.807, 2.05) is 0 Å². The van der Waals surface area contributed by atoms with E-state index in [-0.39, 0.29) is 18.0 Å². The number of nitrogens with two attached hydrogens (primary N) is 1. The summed E-state index contributed by atoms with van der Waals surface area (Å²) < 4.78 is 0. The minimum Gasteiger partial charge on any atom is -0.368 e. The van der Waals surface area contributed by atoms with E-state index in [9.17, 15) is 19.7 Å². The van der Waals surface area contributed by atoms with Gasteiger partial charge >= 0.3 is 0 Å². The van der Waals surface area contributed by atoms with Crippen molar-refractivity contribution in [2.24, 2.45) is 5.73 Å². The van der Waals surface area contributed by atoms with Gasteiger partial charge in [-0.15, -0.1) is 0 Å². The molecule has 0 aliphatic carbocycles. The molecule has 0 heterocycles. The van der Waals surface area contributed by atoms with Crippen LogP contribution in [0.15, 0.2) is 24.3 Å². The lowest BCUT2D eigenvalue weighted by Gasteiger charge is -2.15. The molecule has 0 fully saturated rings. The van der Waals surface area contributed by atoms with E-state index in [0.29, 0.717) is 12.0 Å². The molecule has 0 aliphatic heterocycles. The zero-order valence-electron chi connectivity index (χ0n) is 13.3. The number of carbonyl (C=O) groups is 2. The average Bonchev–Trinajstić information content (AvgIpc) is 2.50. The number of amides is 2. The van der Waals surface area contributed by atoms with Gasteiger partial charge in [0.2, 0.25) is 11.8 Å². The number of rotatable bonds is 10. The predicted octanol–water partition coefficient (Wildman–Crippen LogP) is 2.08. The van der Waals surface area contributed by atoms with E-state index in [0.717, 1.165) is 25.7 Å². The number of nitrogens with one attached hydrogen (secondary N) is 1. The molecule has 0 saturated carbocycles. The number of hydrogen-bond donors (Lipinski definition) is 2. The van der Waals surface area contributed by atoms with Crippen molar-refractivity contribution in [2.75, 3.05) is 0 Å². The first-order valence-electron chi connectivity index (χ1n) is 7.76. The predicted molar refractivity (Wildman–Crippen MR) is 86.7 cm³/mol. The first kappa shape index (κ1) is 18.6. The molecule has 23 heavy (non-hydrogen) atoms. The molecule has 0 spiro atoms. The van der Waals surface area contributed by atoms with Gasteiger partial charge in [0.25, 0.3) is 5.69 Å². The van der Waals surface area contributed by atoms with Crippen molar-refractivity contribution >= 4 is 17.5 Å². The summed E-state index contributed by atoms with van der Waals surface area (Å²) in [5.41, 5.74) is 5.77. The lowest BCUT2D eigenvalue weighted by molar-refractivity contribution is -0.384. The number of unbranched alkanes of at least 4 members (excludes halogenated alkanes) is 3. The summed E-state index contributed by atoms with van der Waals surface area (Å²) >= 11 is 0. The molecule has 7 heteroatoms. The Morgan fingerprint density at radius 3 is 2.65 bits per heavy atom. The van der Waals surface area contributed by atoms with Crippen LogP contribution in [0.5, 0.6) is 0 Å². The molecule has 126 valence electrons. The van der Waals surface area contributed by atoms with Gasteiger partial charge in [-0.1, -0.05) is 44.7 Å². The highest BCUT2D eigenvalue weighted by Gasteiger charge is 2.18. The van der Waals surface area contributed by atoms with Gasteiger partial charge in [-0.3, -0.25) is 19.7 Å². The SMILES string of the molecule is CCCCCC[C@H](NC(=O)Cc1cccc([N+](=O)[O-])c1)C(N)=O.